The standard InChI is InChI=1S/C19H32O/c1-2-3-4-5-6-7-8-9-10-11-12-14-18-15-13-16-19(20)17-18/h13,15-17,20H,2-12,14H2,1H3. The highest BCUT2D eigenvalue weighted by molar-refractivity contribution is 5.27. The van der Waals surface area contributed by atoms with Gasteiger partial charge in [-0.05, 0) is 30.5 Å². The van der Waals surface area contributed by atoms with E-state index < -0.39 is 0 Å². The molecule has 0 amide bonds. The molecule has 0 fully saturated rings. The smallest absolute Gasteiger partial charge is 0.115 e. The molecular formula is C19H32O. The summed E-state index contributed by atoms with van der Waals surface area (Å²) < 4.78 is 0. The van der Waals surface area contributed by atoms with Crippen LogP contribution in [0.4, 0.5) is 0 Å². The molecule has 1 N–H and O–H groups in total. The number of phenolic OH excluding ortho intramolecular Hbond substituents is 1. The topological polar surface area (TPSA) is 20.2 Å². The zero-order valence-electron chi connectivity index (χ0n) is 13.2. The van der Waals surface area contributed by atoms with E-state index in [0.29, 0.717) is 5.75 Å². The van der Waals surface area contributed by atoms with E-state index in [4.69, 9.17) is 0 Å². The third kappa shape index (κ3) is 9.01. The van der Waals surface area contributed by atoms with Crippen molar-refractivity contribution in [1.82, 2.24) is 0 Å². The number of rotatable bonds is 12. The number of phenols is 1. The van der Waals surface area contributed by atoms with Crippen LogP contribution < -0.4 is 0 Å². The quantitative estimate of drug-likeness (QED) is 0.448. The van der Waals surface area contributed by atoms with Crippen molar-refractivity contribution in [3.05, 3.63) is 29.8 Å². The van der Waals surface area contributed by atoms with Crippen LogP contribution in [0.2, 0.25) is 0 Å². The predicted molar refractivity (Wildman–Crippen MR) is 88.3 cm³/mol. The molecule has 0 aromatic heterocycles. The molecule has 20 heavy (non-hydrogen) atoms. The first-order valence-electron chi connectivity index (χ1n) is 8.61. The van der Waals surface area contributed by atoms with Crippen molar-refractivity contribution < 1.29 is 5.11 Å². The summed E-state index contributed by atoms with van der Waals surface area (Å²) in [4.78, 5) is 0. The largest absolute Gasteiger partial charge is 0.508 e. The van der Waals surface area contributed by atoms with Gasteiger partial charge in [-0.1, -0.05) is 83.3 Å². The third-order valence-corrected chi connectivity index (χ3v) is 3.98. The lowest BCUT2D eigenvalue weighted by molar-refractivity contribution is 0.474. The fourth-order valence-corrected chi connectivity index (χ4v) is 2.71. The summed E-state index contributed by atoms with van der Waals surface area (Å²) in [5, 5.41) is 9.39. The van der Waals surface area contributed by atoms with Gasteiger partial charge in [0.2, 0.25) is 0 Å². The molecule has 0 atom stereocenters. The third-order valence-electron chi connectivity index (χ3n) is 3.98. The Kier molecular flexibility index (Phi) is 10.1. The van der Waals surface area contributed by atoms with Crippen molar-refractivity contribution in [3.63, 3.8) is 0 Å². The fraction of sp³-hybridized carbons (Fsp3) is 0.684. The number of hydrogen-bond acceptors (Lipinski definition) is 1. The van der Waals surface area contributed by atoms with Crippen molar-refractivity contribution in [2.75, 3.05) is 0 Å². The Morgan fingerprint density at radius 1 is 0.750 bits per heavy atom. The van der Waals surface area contributed by atoms with Gasteiger partial charge in [-0.2, -0.15) is 0 Å². The van der Waals surface area contributed by atoms with Crippen molar-refractivity contribution in [3.8, 4) is 5.75 Å². The van der Waals surface area contributed by atoms with Crippen LogP contribution in [0.25, 0.3) is 0 Å². The summed E-state index contributed by atoms with van der Waals surface area (Å²) in [7, 11) is 0. The maximum absolute atomic E-state index is 9.39. The zero-order valence-corrected chi connectivity index (χ0v) is 13.2. The molecule has 1 aromatic carbocycles. The zero-order chi connectivity index (χ0) is 14.5. The van der Waals surface area contributed by atoms with Gasteiger partial charge in [0, 0.05) is 0 Å². The molecule has 1 aromatic rings. The Hall–Kier alpha value is -0.980. The highest BCUT2D eigenvalue weighted by Crippen LogP contribution is 2.15. The van der Waals surface area contributed by atoms with E-state index in [1.54, 1.807) is 6.07 Å². The van der Waals surface area contributed by atoms with Gasteiger partial charge in [0.25, 0.3) is 0 Å². The Morgan fingerprint density at radius 2 is 1.30 bits per heavy atom. The average molecular weight is 276 g/mol. The van der Waals surface area contributed by atoms with E-state index in [2.05, 4.69) is 13.0 Å². The maximum atomic E-state index is 9.39. The van der Waals surface area contributed by atoms with Gasteiger partial charge in [-0.3, -0.25) is 0 Å². The van der Waals surface area contributed by atoms with Crippen LogP contribution >= 0.6 is 0 Å². The molecule has 0 radical (unpaired) electrons. The van der Waals surface area contributed by atoms with E-state index >= 15 is 0 Å². The van der Waals surface area contributed by atoms with Crippen LogP contribution in [0.3, 0.4) is 0 Å². The van der Waals surface area contributed by atoms with Crippen LogP contribution in [-0.4, -0.2) is 5.11 Å². The Morgan fingerprint density at radius 3 is 1.85 bits per heavy atom. The minimum atomic E-state index is 0.394. The molecule has 1 heteroatoms. The maximum Gasteiger partial charge on any atom is 0.115 e. The second-order valence-corrected chi connectivity index (χ2v) is 5.96. The number of unbranched alkanes of at least 4 members (excludes halogenated alkanes) is 10. The fourth-order valence-electron chi connectivity index (χ4n) is 2.71. The Balaban J connectivity index is 1.85. The van der Waals surface area contributed by atoms with Crippen LogP contribution in [0.15, 0.2) is 24.3 Å². The Bertz CT molecular complexity index is 332. The highest BCUT2D eigenvalue weighted by atomic mass is 16.3. The van der Waals surface area contributed by atoms with Gasteiger partial charge in [0.1, 0.15) is 5.75 Å². The molecule has 0 aliphatic heterocycles. The summed E-state index contributed by atoms with van der Waals surface area (Å²) in [6.45, 7) is 2.27. The minimum Gasteiger partial charge on any atom is -0.508 e. The summed E-state index contributed by atoms with van der Waals surface area (Å²) in [6.07, 6.45) is 16.3. The molecule has 0 saturated heterocycles. The number of benzene rings is 1. The number of aromatic hydroxyl groups is 1. The molecule has 0 spiro atoms. The summed E-state index contributed by atoms with van der Waals surface area (Å²) in [5.41, 5.74) is 1.26. The van der Waals surface area contributed by atoms with Gasteiger partial charge in [-0.15, -0.1) is 0 Å². The predicted octanol–water partition coefficient (Wildman–Crippen LogP) is 6.25. The number of hydrogen-bond donors (Lipinski definition) is 1. The van der Waals surface area contributed by atoms with E-state index in [9.17, 15) is 5.11 Å². The molecule has 0 saturated carbocycles. The molecule has 0 aliphatic carbocycles. The summed E-state index contributed by atoms with van der Waals surface area (Å²) in [5.74, 6) is 0.394. The second-order valence-electron chi connectivity index (χ2n) is 5.96. The lowest BCUT2D eigenvalue weighted by Crippen LogP contribution is -1.86. The summed E-state index contributed by atoms with van der Waals surface area (Å²) >= 11 is 0. The van der Waals surface area contributed by atoms with Gasteiger partial charge in [-0.25, -0.2) is 0 Å². The van der Waals surface area contributed by atoms with Crippen molar-refractivity contribution in [2.45, 2.75) is 84.0 Å². The molecular weight excluding hydrogens is 244 g/mol. The van der Waals surface area contributed by atoms with Gasteiger partial charge < -0.3 is 5.11 Å². The van der Waals surface area contributed by atoms with E-state index in [-0.39, 0.29) is 0 Å². The molecule has 1 rings (SSSR count). The lowest BCUT2D eigenvalue weighted by Gasteiger charge is -2.03. The van der Waals surface area contributed by atoms with Crippen molar-refractivity contribution in [2.24, 2.45) is 0 Å². The Labute approximate surface area is 125 Å². The van der Waals surface area contributed by atoms with Crippen LogP contribution in [-0.2, 0) is 6.42 Å². The van der Waals surface area contributed by atoms with E-state index in [1.807, 2.05) is 12.1 Å². The molecule has 0 unspecified atom stereocenters. The second kappa shape index (κ2) is 11.8. The van der Waals surface area contributed by atoms with Crippen LogP contribution in [0, 0.1) is 0 Å². The average Bonchev–Trinajstić information content (AvgIpc) is 2.45. The van der Waals surface area contributed by atoms with E-state index in [1.165, 1.54) is 76.2 Å². The first-order valence-corrected chi connectivity index (χ1v) is 8.61. The first kappa shape index (κ1) is 17.1. The molecule has 0 aliphatic rings. The monoisotopic (exact) mass is 276 g/mol. The summed E-state index contributed by atoms with van der Waals surface area (Å²) in [6, 6.07) is 7.67. The molecule has 114 valence electrons. The minimum absolute atomic E-state index is 0.394. The van der Waals surface area contributed by atoms with Crippen molar-refractivity contribution >= 4 is 0 Å². The van der Waals surface area contributed by atoms with Gasteiger partial charge >= 0.3 is 0 Å². The molecule has 0 heterocycles. The van der Waals surface area contributed by atoms with Gasteiger partial charge in [0.15, 0.2) is 0 Å². The van der Waals surface area contributed by atoms with Crippen LogP contribution in [0.5, 0.6) is 5.75 Å². The van der Waals surface area contributed by atoms with Gasteiger partial charge in [0.05, 0.1) is 0 Å². The lowest BCUT2D eigenvalue weighted by atomic mass is 10.0. The van der Waals surface area contributed by atoms with E-state index in [0.717, 1.165) is 6.42 Å². The SMILES string of the molecule is CCCCCCCCCCCCCc1cccc(O)c1. The molecule has 1 nitrogen and oxygen atoms in total. The normalized spacial score (nSPS) is 10.8. The van der Waals surface area contributed by atoms with Crippen molar-refractivity contribution in [1.29, 1.82) is 0 Å². The highest BCUT2D eigenvalue weighted by Gasteiger charge is 1.96. The first-order chi connectivity index (χ1) is 9.83. The number of aryl methyl sites for hydroxylation is 1. The molecule has 0 bridgehead atoms. The van der Waals surface area contributed by atoms with Crippen LogP contribution in [0.1, 0.15) is 83.1 Å².